The molecule has 0 radical (unpaired) electrons. The van der Waals surface area contributed by atoms with E-state index in [2.05, 4.69) is 4.57 Å². The van der Waals surface area contributed by atoms with Crippen molar-refractivity contribution in [2.24, 2.45) is 0 Å². The maximum Gasteiger partial charge on any atom is 0.286 e. The summed E-state index contributed by atoms with van der Waals surface area (Å²) in [5, 5.41) is 2.03. The van der Waals surface area contributed by atoms with Crippen LogP contribution in [0.5, 0.6) is 0 Å². The van der Waals surface area contributed by atoms with Gasteiger partial charge in [0.05, 0.1) is 5.02 Å². The molecule has 20 heavy (non-hydrogen) atoms. The molecule has 3 aromatic rings. The van der Waals surface area contributed by atoms with E-state index < -0.39 is 0 Å². The van der Waals surface area contributed by atoms with E-state index in [1.807, 2.05) is 47.3 Å². The zero-order valence-electron chi connectivity index (χ0n) is 10.2. The molecule has 0 amide bonds. The van der Waals surface area contributed by atoms with Crippen molar-refractivity contribution >= 4 is 40.4 Å². The van der Waals surface area contributed by atoms with Gasteiger partial charge in [-0.1, -0.05) is 40.9 Å². The van der Waals surface area contributed by atoms with E-state index in [4.69, 9.17) is 34.8 Å². The molecule has 0 N–H and O–H groups in total. The third kappa shape index (κ3) is 3.04. The Labute approximate surface area is 137 Å². The molecule has 0 saturated heterocycles. The molecule has 1 aromatic carbocycles. The number of nitrogens with zero attached hydrogens (tertiary/aromatic N) is 2. The van der Waals surface area contributed by atoms with E-state index in [1.165, 1.54) is 0 Å². The first kappa shape index (κ1) is 15.5. The molecular formula is C14H10Cl4N2. The standard InChI is InChI=1S/C14H10Cl3N2.ClH/c15-11-2-1-10(13(17)7-11)8-18-5-6-19-9-12(16)3-4-14(18)19;/h1-7,9H,8H2;1H/q+1;/p-1. The zero-order chi connectivity index (χ0) is 13.4. The fraction of sp³-hybridized carbons (Fsp3) is 0.0714. The van der Waals surface area contributed by atoms with Crippen molar-refractivity contribution in [2.45, 2.75) is 6.54 Å². The predicted octanol–water partition coefficient (Wildman–Crippen LogP) is 1.24. The summed E-state index contributed by atoms with van der Waals surface area (Å²) < 4.78 is 4.08. The molecule has 3 rings (SSSR count). The molecule has 0 fully saturated rings. The van der Waals surface area contributed by atoms with Gasteiger partial charge in [0.1, 0.15) is 25.1 Å². The maximum absolute atomic E-state index is 6.20. The zero-order valence-corrected chi connectivity index (χ0v) is 13.3. The van der Waals surface area contributed by atoms with Gasteiger partial charge in [-0.2, -0.15) is 0 Å². The van der Waals surface area contributed by atoms with E-state index in [-0.39, 0.29) is 12.4 Å². The summed E-state index contributed by atoms with van der Waals surface area (Å²) in [5.74, 6) is 0. The molecule has 2 nitrogen and oxygen atoms in total. The molecule has 0 unspecified atom stereocenters. The van der Waals surface area contributed by atoms with Gasteiger partial charge in [-0.3, -0.25) is 0 Å². The van der Waals surface area contributed by atoms with Crippen LogP contribution in [0, 0.1) is 0 Å². The molecule has 0 aliphatic carbocycles. The summed E-state index contributed by atoms with van der Waals surface area (Å²) in [6.45, 7) is 0.689. The maximum atomic E-state index is 6.20. The predicted molar refractivity (Wildman–Crippen MR) is 78.2 cm³/mol. The topological polar surface area (TPSA) is 8.29 Å². The highest BCUT2D eigenvalue weighted by Crippen LogP contribution is 2.21. The fourth-order valence-electron chi connectivity index (χ4n) is 2.04. The number of rotatable bonds is 2. The normalized spacial score (nSPS) is 10.6. The van der Waals surface area contributed by atoms with Gasteiger partial charge in [-0.25, -0.2) is 8.97 Å². The summed E-state index contributed by atoms with van der Waals surface area (Å²) in [6, 6.07) is 9.40. The minimum atomic E-state index is 0. The van der Waals surface area contributed by atoms with Crippen LogP contribution in [0.4, 0.5) is 0 Å². The van der Waals surface area contributed by atoms with Gasteiger partial charge in [-0.05, 0) is 18.2 Å². The average molecular weight is 348 g/mol. The van der Waals surface area contributed by atoms with Gasteiger partial charge >= 0.3 is 0 Å². The second-order valence-electron chi connectivity index (χ2n) is 4.27. The van der Waals surface area contributed by atoms with Gasteiger partial charge in [0.2, 0.25) is 0 Å². The van der Waals surface area contributed by atoms with Crippen LogP contribution in [0.1, 0.15) is 5.56 Å². The van der Waals surface area contributed by atoms with Crippen LogP contribution in [0.25, 0.3) is 5.65 Å². The number of hydrogen-bond donors (Lipinski definition) is 0. The summed E-state index contributed by atoms with van der Waals surface area (Å²) in [4.78, 5) is 0. The van der Waals surface area contributed by atoms with Crippen molar-refractivity contribution in [3.63, 3.8) is 0 Å². The Morgan fingerprint density at radius 3 is 2.50 bits per heavy atom. The Morgan fingerprint density at radius 2 is 1.75 bits per heavy atom. The van der Waals surface area contributed by atoms with Gasteiger partial charge in [0, 0.05) is 21.7 Å². The first-order valence-corrected chi connectivity index (χ1v) is 6.86. The molecule has 0 aliphatic heterocycles. The third-order valence-electron chi connectivity index (χ3n) is 2.98. The van der Waals surface area contributed by atoms with E-state index in [9.17, 15) is 0 Å². The lowest BCUT2D eigenvalue weighted by atomic mass is 10.2. The van der Waals surface area contributed by atoms with Gasteiger partial charge < -0.3 is 12.4 Å². The molecule has 0 bridgehead atoms. The molecule has 0 atom stereocenters. The average Bonchev–Trinajstić information content (AvgIpc) is 2.75. The van der Waals surface area contributed by atoms with E-state index >= 15 is 0 Å². The molecule has 6 heteroatoms. The Kier molecular flexibility index (Phi) is 4.82. The smallest absolute Gasteiger partial charge is 0.286 e. The van der Waals surface area contributed by atoms with Gasteiger partial charge in [0.25, 0.3) is 5.65 Å². The van der Waals surface area contributed by atoms with Crippen LogP contribution in [0.15, 0.2) is 48.9 Å². The van der Waals surface area contributed by atoms with Crippen molar-refractivity contribution in [3.8, 4) is 0 Å². The molecule has 0 aliphatic rings. The number of imidazole rings is 1. The summed E-state index contributed by atoms with van der Waals surface area (Å²) >= 11 is 18.1. The minimum absolute atomic E-state index is 0. The minimum Gasteiger partial charge on any atom is -1.00 e. The summed E-state index contributed by atoms with van der Waals surface area (Å²) in [5.41, 5.74) is 2.08. The van der Waals surface area contributed by atoms with Gasteiger partial charge in [-0.15, -0.1) is 0 Å². The quantitative estimate of drug-likeness (QED) is 0.616. The Hall–Kier alpha value is -0.930. The van der Waals surface area contributed by atoms with Crippen molar-refractivity contribution in [2.75, 3.05) is 0 Å². The van der Waals surface area contributed by atoms with Gasteiger partial charge in [0.15, 0.2) is 0 Å². The first-order chi connectivity index (χ1) is 9.13. The van der Waals surface area contributed by atoms with Crippen LogP contribution in [0.3, 0.4) is 0 Å². The lowest BCUT2D eigenvalue weighted by Crippen LogP contribution is -3.00. The third-order valence-corrected chi connectivity index (χ3v) is 3.79. The molecule has 0 spiro atoms. The first-order valence-electron chi connectivity index (χ1n) is 5.73. The van der Waals surface area contributed by atoms with Crippen molar-refractivity contribution < 1.29 is 17.0 Å². The number of aromatic nitrogens is 2. The van der Waals surface area contributed by atoms with E-state index in [0.717, 1.165) is 11.2 Å². The number of halogens is 4. The van der Waals surface area contributed by atoms with Crippen LogP contribution >= 0.6 is 34.8 Å². The van der Waals surface area contributed by atoms with Crippen molar-refractivity contribution in [1.29, 1.82) is 0 Å². The number of benzene rings is 1. The monoisotopic (exact) mass is 346 g/mol. The lowest BCUT2D eigenvalue weighted by molar-refractivity contribution is -0.661. The largest absolute Gasteiger partial charge is 1.00 e. The van der Waals surface area contributed by atoms with Crippen LogP contribution in [-0.2, 0) is 6.54 Å². The Morgan fingerprint density at radius 1 is 1.00 bits per heavy atom. The number of pyridine rings is 1. The highest BCUT2D eigenvalue weighted by molar-refractivity contribution is 6.35. The second-order valence-corrected chi connectivity index (χ2v) is 5.55. The molecule has 0 saturated carbocycles. The van der Waals surface area contributed by atoms with E-state index in [0.29, 0.717) is 21.6 Å². The highest BCUT2D eigenvalue weighted by atomic mass is 35.5. The highest BCUT2D eigenvalue weighted by Gasteiger charge is 2.12. The number of hydrogen-bond acceptors (Lipinski definition) is 0. The molecule has 2 aromatic heterocycles. The Balaban J connectivity index is 0.00000147. The van der Waals surface area contributed by atoms with Crippen LogP contribution in [0.2, 0.25) is 15.1 Å². The lowest BCUT2D eigenvalue weighted by Gasteiger charge is -2.02. The fourth-order valence-corrected chi connectivity index (χ4v) is 2.68. The number of fused-ring (bicyclic) bond motifs is 1. The molecule has 104 valence electrons. The van der Waals surface area contributed by atoms with Crippen LogP contribution in [-0.4, -0.2) is 4.40 Å². The SMILES string of the molecule is Clc1ccc(C[n+]2ccn3cc(Cl)ccc32)c(Cl)c1.[Cl-]. The van der Waals surface area contributed by atoms with Crippen molar-refractivity contribution in [1.82, 2.24) is 4.40 Å². The summed E-state index contributed by atoms with van der Waals surface area (Å²) in [7, 11) is 0. The van der Waals surface area contributed by atoms with Crippen molar-refractivity contribution in [3.05, 3.63) is 69.6 Å². The van der Waals surface area contributed by atoms with Crippen LogP contribution < -0.4 is 17.0 Å². The molecule has 2 heterocycles. The van der Waals surface area contributed by atoms with E-state index in [1.54, 1.807) is 6.07 Å². The molecular weight excluding hydrogens is 338 g/mol. The summed E-state index contributed by atoms with van der Waals surface area (Å²) in [6.07, 6.45) is 5.83. The second kappa shape index (κ2) is 6.23. The Bertz CT molecular complexity index is 752.